The molecule has 0 aliphatic rings. The van der Waals surface area contributed by atoms with Gasteiger partial charge in [-0.2, -0.15) is 0 Å². The van der Waals surface area contributed by atoms with Gasteiger partial charge in [0.25, 0.3) is 0 Å². The Bertz CT molecular complexity index is 363. The molecule has 1 unspecified atom stereocenters. The highest BCUT2D eigenvalue weighted by atomic mass is 35.5. The molecular formula is C11H13ClO3. The maximum atomic E-state index is 11.1. The van der Waals surface area contributed by atoms with E-state index in [2.05, 4.69) is 4.74 Å². The first-order chi connectivity index (χ1) is 7.06. The molecule has 1 rings (SSSR count). The molecule has 1 atom stereocenters. The van der Waals surface area contributed by atoms with Crippen LogP contribution in [-0.4, -0.2) is 19.2 Å². The second-order valence-corrected chi connectivity index (χ2v) is 3.55. The van der Waals surface area contributed by atoms with E-state index in [1.165, 1.54) is 7.11 Å². The first kappa shape index (κ1) is 11.9. The van der Waals surface area contributed by atoms with Gasteiger partial charge in [-0.25, -0.2) is 4.79 Å². The number of rotatable bonds is 3. The minimum absolute atomic E-state index is 0.424. The SMILES string of the molecule is COC(=O)C(C)Oc1cccc(C)c1Cl. The third-order valence-corrected chi connectivity index (χ3v) is 2.48. The Morgan fingerprint density at radius 2 is 2.13 bits per heavy atom. The van der Waals surface area contributed by atoms with Gasteiger partial charge in [0.05, 0.1) is 12.1 Å². The van der Waals surface area contributed by atoms with Crippen LogP contribution in [0.5, 0.6) is 5.75 Å². The molecule has 0 N–H and O–H groups in total. The zero-order valence-corrected chi connectivity index (χ0v) is 9.67. The van der Waals surface area contributed by atoms with Crippen LogP contribution in [0, 0.1) is 6.92 Å². The molecule has 0 aromatic heterocycles. The monoisotopic (exact) mass is 228 g/mol. The van der Waals surface area contributed by atoms with E-state index in [1.54, 1.807) is 13.0 Å². The molecule has 3 nitrogen and oxygen atoms in total. The minimum atomic E-state index is -0.658. The average Bonchev–Trinajstić information content (AvgIpc) is 2.23. The molecule has 0 saturated carbocycles. The van der Waals surface area contributed by atoms with Crippen LogP contribution in [0.25, 0.3) is 0 Å². The Kier molecular flexibility index (Phi) is 3.97. The summed E-state index contributed by atoms with van der Waals surface area (Å²) in [5, 5.41) is 0.522. The number of esters is 1. The zero-order valence-electron chi connectivity index (χ0n) is 8.91. The molecule has 0 bridgehead atoms. The fraction of sp³-hybridized carbons (Fsp3) is 0.364. The third kappa shape index (κ3) is 2.86. The second kappa shape index (κ2) is 5.03. The molecule has 1 aromatic rings. The van der Waals surface area contributed by atoms with Gasteiger partial charge in [-0.1, -0.05) is 23.7 Å². The Balaban J connectivity index is 2.81. The maximum Gasteiger partial charge on any atom is 0.346 e. The maximum absolute atomic E-state index is 11.1. The highest BCUT2D eigenvalue weighted by Crippen LogP contribution is 2.28. The summed E-state index contributed by atoms with van der Waals surface area (Å²) in [7, 11) is 1.32. The Hall–Kier alpha value is -1.22. The predicted octanol–water partition coefficient (Wildman–Crippen LogP) is 2.59. The smallest absolute Gasteiger partial charge is 0.346 e. The van der Waals surface area contributed by atoms with E-state index in [0.717, 1.165) is 5.56 Å². The zero-order chi connectivity index (χ0) is 11.4. The van der Waals surface area contributed by atoms with E-state index < -0.39 is 12.1 Å². The largest absolute Gasteiger partial charge is 0.477 e. The fourth-order valence-electron chi connectivity index (χ4n) is 1.12. The van der Waals surface area contributed by atoms with Gasteiger partial charge >= 0.3 is 5.97 Å². The Labute approximate surface area is 93.9 Å². The number of hydrogen-bond acceptors (Lipinski definition) is 3. The highest BCUT2D eigenvalue weighted by Gasteiger charge is 2.16. The second-order valence-electron chi connectivity index (χ2n) is 3.17. The van der Waals surface area contributed by atoms with E-state index in [1.807, 2.05) is 19.1 Å². The van der Waals surface area contributed by atoms with Crippen molar-refractivity contribution in [2.75, 3.05) is 7.11 Å². The number of benzene rings is 1. The van der Waals surface area contributed by atoms with Crippen molar-refractivity contribution in [3.05, 3.63) is 28.8 Å². The van der Waals surface area contributed by atoms with Gasteiger partial charge in [-0.3, -0.25) is 0 Å². The highest BCUT2D eigenvalue weighted by molar-refractivity contribution is 6.32. The molecule has 0 fully saturated rings. The van der Waals surface area contributed by atoms with E-state index in [9.17, 15) is 4.79 Å². The molecule has 0 radical (unpaired) electrons. The van der Waals surface area contributed by atoms with Crippen molar-refractivity contribution in [1.82, 2.24) is 0 Å². The van der Waals surface area contributed by atoms with Crippen LogP contribution in [0.4, 0.5) is 0 Å². The quantitative estimate of drug-likeness (QED) is 0.746. The number of aryl methyl sites for hydroxylation is 1. The van der Waals surface area contributed by atoms with Crippen LogP contribution >= 0.6 is 11.6 Å². The molecular weight excluding hydrogens is 216 g/mol. The molecule has 0 saturated heterocycles. The lowest BCUT2D eigenvalue weighted by atomic mass is 10.2. The molecule has 0 amide bonds. The first-order valence-corrected chi connectivity index (χ1v) is 4.93. The van der Waals surface area contributed by atoms with Crippen LogP contribution < -0.4 is 4.74 Å². The van der Waals surface area contributed by atoms with Gasteiger partial charge < -0.3 is 9.47 Å². The lowest BCUT2D eigenvalue weighted by Gasteiger charge is -2.14. The van der Waals surface area contributed by atoms with Crippen molar-refractivity contribution in [3.8, 4) is 5.75 Å². The summed E-state index contributed by atoms with van der Waals surface area (Å²) < 4.78 is 9.92. The van der Waals surface area contributed by atoms with Crippen molar-refractivity contribution < 1.29 is 14.3 Å². The van der Waals surface area contributed by atoms with Crippen molar-refractivity contribution in [2.24, 2.45) is 0 Å². The van der Waals surface area contributed by atoms with Crippen LogP contribution in [0.15, 0.2) is 18.2 Å². The number of ether oxygens (including phenoxy) is 2. The summed E-state index contributed by atoms with van der Waals surface area (Å²) in [6.45, 7) is 3.49. The van der Waals surface area contributed by atoms with E-state index >= 15 is 0 Å². The van der Waals surface area contributed by atoms with Gasteiger partial charge in [0.1, 0.15) is 5.75 Å². The van der Waals surface area contributed by atoms with Crippen LogP contribution in [-0.2, 0) is 9.53 Å². The Morgan fingerprint density at radius 3 is 2.73 bits per heavy atom. The number of methoxy groups -OCH3 is 1. The topological polar surface area (TPSA) is 35.5 Å². The molecule has 0 heterocycles. The van der Waals surface area contributed by atoms with Gasteiger partial charge in [-0.15, -0.1) is 0 Å². The van der Waals surface area contributed by atoms with Gasteiger partial charge in [0, 0.05) is 0 Å². The number of carbonyl (C=O) groups excluding carboxylic acids is 1. The summed E-state index contributed by atoms with van der Waals surface area (Å²) in [5.41, 5.74) is 0.909. The first-order valence-electron chi connectivity index (χ1n) is 4.56. The summed E-state index contributed by atoms with van der Waals surface area (Å²) >= 11 is 6.01. The van der Waals surface area contributed by atoms with Crippen LogP contribution in [0.3, 0.4) is 0 Å². The molecule has 0 aliphatic heterocycles. The lowest BCUT2D eigenvalue weighted by Crippen LogP contribution is -2.25. The van der Waals surface area contributed by atoms with Gasteiger partial charge in [0.2, 0.25) is 0 Å². The fourth-order valence-corrected chi connectivity index (χ4v) is 1.29. The minimum Gasteiger partial charge on any atom is -0.477 e. The molecule has 82 valence electrons. The average molecular weight is 229 g/mol. The van der Waals surface area contributed by atoms with Crippen molar-refractivity contribution in [2.45, 2.75) is 20.0 Å². The standard InChI is InChI=1S/C11H13ClO3/c1-7-5-4-6-9(10(7)12)15-8(2)11(13)14-3/h4-6,8H,1-3H3. The number of hydrogen-bond donors (Lipinski definition) is 0. The van der Waals surface area contributed by atoms with E-state index in [4.69, 9.17) is 16.3 Å². The molecule has 0 spiro atoms. The number of halogens is 1. The van der Waals surface area contributed by atoms with Crippen LogP contribution in [0.1, 0.15) is 12.5 Å². The lowest BCUT2D eigenvalue weighted by molar-refractivity contribution is -0.147. The molecule has 1 aromatic carbocycles. The van der Waals surface area contributed by atoms with Crippen LogP contribution in [0.2, 0.25) is 5.02 Å². The summed E-state index contributed by atoms with van der Waals surface area (Å²) in [6, 6.07) is 5.41. The summed E-state index contributed by atoms with van der Waals surface area (Å²) in [5.74, 6) is 0.0714. The number of carbonyl (C=O) groups is 1. The predicted molar refractivity (Wildman–Crippen MR) is 58.3 cm³/mol. The van der Waals surface area contributed by atoms with Gasteiger partial charge in [-0.05, 0) is 25.5 Å². The normalized spacial score (nSPS) is 12.0. The molecule has 0 aliphatic carbocycles. The van der Waals surface area contributed by atoms with Crippen molar-refractivity contribution in [3.63, 3.8) is 0 Å². The molecule has 4 heteroatoms. The molecule has 15 heavy (non-hydrogen) atoms. The summed E-state index contributed by atoms with van der Waals surface area (Å²) in [4.78, 5) is 11.1. The van der Waals surface area contributed by atoms with Crippen molar-refractivity contribution >= 4 is 17.6 Å². The third-order valence-electron chi connectivity index (χ3n) is 1.99. The van der Waals surface area contributed by atoms with E-state index in [0.29, 0.717) is 10.8 Å². The van der Waals surface area contributed by atoms with Crippen molar-refractivity contribution in [1.29, 1.82) is 0 Å². The summed E-state index contributed by atoms with van der Waals surface area (Å²) in [6.07, 6.45) is -0.658. The Morgan fingerprint density at radius 1 is 1.47 bits per heavy atom. The van der Waals surface area contributed by atoms with E-state index in [-0.39, 0.29) is 0 Å². The van der Waals surface area contributed by atoms with Gasteiger partial charge in [0.15, 0.2) is 6.10 Å².